The number of hydrogen-bond acceptors (Lipinski definition) is 0. The molecular weight excluding hydrogens is 202 g/mol. The molecule has 2 heteroatoms. The van der Waals surface area contributed by atoms with Gasteiger partial charge in [-0.1, -0.05) is 20.3 Å². The molecule has 0 atom stereocenters. The number of hydrogen-bond donors (Lipinski definition) is 0. The van der Waals surface area contributed by atoms with E-state index in [0.29, 0.717) is 0 Å². The van der Waals surface area contributed by atoms with Gasteiger partial charge in [0.05, 0.1) is 27.2 Å². The number of quaternary nitrogens is 1. The second-order valence-electron chi connectivity index (χ2n) is 3.74. The van der Waals surface area contributed by atoms with Crippen molar-refractivity contribution in [3.8, 4) is 0 Å². The molecule has 0 amide bonds. The van der Waals surface area contributed by atoms with Gasteiger partial charge in [0.1, 0.15) is 0 Å². The molecule has 0 radical (unpaired) electrons. The van der Waals surface area contributed by atoms with E-state index in [1.807, 2.05) is 0 Å². The molecule has 0 rings (SSSR count). The van der Waals surface area contributed by atoms with Crippen LogP contribution in [0.15, 0.2) is 0 Å². The summed E-state index contributed by atoms with van der Waals surface area (Å²) < 4.78 is 1.20. The number of rotatable bonds is 5. The van der Waals surface area contributed by atoms with Crippen molar-refractivity contribution in [1.29, 1.82) is 0 Å². The Morgan fingerprint density at radius 3 is 1.82 bits per heavy atom. The first-order valence-electron chi connectivity index (χ1n) is 4.44. The Bertz CT molecular complexity index is 81.6. The van der Waals surface area contributed by atoms with Gasteiger partial charge in [-0.3, -0.25) is 0 Å². The van der Waals surface area contributed by atoms with Crippen LogP contribution < -0.4 is 17.0 Å². The monoisotopic (exact) mass is 223 g/mol. The molecule has 0 heterocycles. The van der Waals surface area contributed by atoms with Crippen LogP contribution in [0, 0.1) is 0 Å². The molecule has 0 aromatic rings. The Hall–Kier alpha value is 0.440. The first-order chi connectivity index (χ1) is 4.62. The van der Waals surface area contributed by atoms with Gasteiger partial charge in [0.25, 0.3) is 0 Å². The van der Waals surface area contributed by atoms with Crippen LogP contribution in [0.5, 0.6) is 0 Å². The van der Waals surface area contributed by atoms with Crippen molar-refractivity contribution in [2.24, 2.45) is 0 Å². The fraction of sp³-hybridized carbons (Fsp3) is 1.00. The molecule has 0 N–H and O–H groups in total. The molecule has 11 heavy (non-hydrogen) atoms. The van der Waals surface area contributed by atoms with Gasteiger partial charge in [0, 0.05) is 0 Å². The van der Waals surface area contributed by atoms with E-state index < -0.39 is 0 Å². The Labute approximate surface area is 82.1 Å². The molecule has 0 aromatic heterocycles. The minimum atomic E-state index is 0. The molecule has 0 aliphatic carbocycles. The van der Waals surface area contributed by atoms with Crippen molar-refractivity contribution in [2.75, 3.05) is 27.2 Å². The van der Waals surface area contributed by atoms with Gasteiger partial charge < -0.3 is 21.5 Å². The minimum Gasteiger partial charge on any atom is -1.00 e. The van der Waals surface area contributed by atoms with E-state index in [1.165, 1.54) is 36.8 Å². The van der Waals surface area contributed by atoms with Crippen LogP contribution in [0.2, 0.25) is 0 Å². The molecule has 0 fully saturated rings. The molecule has 0 aromatic carbocycles. The van der Waals surface area contributed by atoms with Gasteiger partial charge in [-0.05, 0) is 12.8 Å². The van der Waals surface area contributed by atoms with Crippen molar-refractivity contribution < 1.29 is 21.5 Å². The topological polar surface area (TPSA) is 0 Å². The molecule has 70 valence electrons. The van der Waals surface area contributed by atoms with Gasteiger partial charge in [-0.15, -0.1) is 0 Å². The summed E-state index contributed by atoms with van der Waals surface area (Å²) in [6.07, 6.45) is 4.00. The predicted octanol–water partition coefficient (Wildman–Crippen LogP) is -0.723. The van der Waals surface area contributed by atoms with E-state index >= 15 is 0 Å². The minimum absolute atomic E-state index is 0. The smallest absolute Gasteiger partial charge is 0.0782 e. The SMILES string of the molecule is CCCC[N+](C)(C)CCC.[Br-]. The maximum absolute atomic E-state index is 2.32. The summed E-state index contributed by atoms with van der Waals surface area (Å²) in [5.74, 6) is 0. The van der Waals surface area contributed by atoms with E-state index in [-0.39, 0.29) is 17.0 Å². The average molecular weight is 224 g/mol. The molecule has 0 saturated carbocycles. The lowest BCUT2D eigenvalue weighted by Crippen LogP contribution is -3.00. The van der Waals surface area contributed by atoms with Gasteiger partial charge in [-0.2, -0.15) is 0 Å². The maximum Gasteiger partial charge on any atom is 0.0782 e. The van der Waals surface area contributed by atoms with Crippen LogP contribution in [0.4, 0.5) is 0 Å². The van der Waals surface area contributed by atoms with Crippen molar-refractivity contribution >= 4 is 0 Å². The first kappa shape index (κ1) is 14.0. The molecule has 0 spiro atoms. The second kappa shape index (κ2) is 7.11. The normalized spacial score (nSPS) is 10.9. The van der Waals surface area contributed by atoms with E-state index in [9.17, 15) is 0 Å². The third-order valence-electron chi connectivity index (χ3n) is 1.95. The summed E-state index contributed by atoms with van der Waals surface area (Å²) >= 11 is 0. The van der Waals surface area contributed by atoms with Crippen LogP contribution in [0.25, 0.3) is 0 Å². The molecule has 0 unspecified atom stereocenters. The third kappa shape index (κ3) is 8.35. The summed E-state index contributed by atoms with van der Waals surface area (Å²) in [4.78, 5) is 0. The van der Waals surface area contributed by atoms with E-state index in [0.717, 1.165) is 0 Å². The molecule has 1 nitrogen and oxygen atoms in total. The Morgan fingerprint density at radius 1 is 0.909 bits per heavy atom. The van der Waals surface area contributed by atoms with E-state index in [2.05, 4.69) is 27.9 Å². The highest BCUT2D eigenvalue weighted by atomic mass is 79.9. The fourth-order valence-electron chi connectivity index (χ4n) is 1.30. The van der Waals surface area contributed by atoms with Crippen LogP contribution in [-0.2, 0) is 0 Å². The predicted molar refractivity (Wildman–Crippen MR) is 47.0 cm³/mol. The lowest BCUT2D eigenvalue weighted by atomic mass is 10.3. The molecule has 0 aliphatic rings. The van der Waals surface area contributed by atoms with E-state index in [1.54, 1.807) is 0 Å². The van der Waals surface area contributed by atoms with Crippen LogP contribution in [0.3, 0.4) is 0 Å². The summed E-state index contributed by atoms with van der Waals surface area (Å²) in [5.41, 5.74) is 0. The summed E-state index contributed by atoms with van der Waals surface area (Å²) in [5, 5.41) is 0. The zero-order valence-corrected chi connectivity index (χ0v) is 9.95. The van der Waals surface area contributed by atoms with Crippen molar-refractivity contribution in [2.45, 2.75) is 33.1 Å². The standard InChI is InChI=1S/C9H22N.BrH/c1-5-7-9-10(3,4)8-6-2;/h5-9H2,1-4H3;1H/q+1;/p-1. The molecule has 0 bridgehead atoms. The van der Waals surface area contributed by atoms with Crippen molar-refractivity contribution in [1.82, 2.24) is 0 Å². The molecule has 0 aliphatic heterocycles. The highest BCUT2D eigenvalue weighted by molar-refractivity contribution is 4.34. The van der Waals surface area contributed by atoms with Gasteiger partial charge in [0.15, 0.2) is 0 Å². The zero-order chi connectivity index (χ0) is 8.04. The number of halogens is 1. The Kier molecular flexibility index (Phi) is 9.04. The number of nitrogens with zero attached hydrogens (tertiary/aromatic N) is 1. The highest BCUT2D eigenvalue weighted by Gasteiger charge is 2.10. The summed E-state index contributed by atoms with van der Waals surface area (Å²) in [6, 6.07) is 0. The van der Waals surface area contributed by atoms with Crippen molar-refractivity contribution in [3.63, 3.8) is 0 Å². The quantitative estimate of drug-likeness (QED) is 0.540. The Morgan fingerprint density at radius 2 is 1.45 bits per heavy atom. The van der Waals surface area contributed by atoms with Crippen LogP contribution >= 0.6 is 0 Å². The van der Waals surface area contributed by atoms with Gasteiger partial charge in [0.2, 0.25) is 0 Å². The lowest BCUT2D eigenvalue weighted by molar-refractivity contribution is -0.890. The average Bonchev–Trinajstić information content (AvgIpc) is 1.84. The van der Waals surface area contributed by atoms with Crippen molar-refractivity contribution in [3.05, 3.63) is 0 Å². The highest BCUT2D eigenvalue weighted by Crippen LogP contribution is 2.02. The number of unbranched alkanes of at least 4 members (excludes halogenated alkanes) is 1. The van der Waals surface area contributed by atoms with E-state index in [4.69, 9.17) is 0 Å². The first-order valence-corrected chi connectivity index (χ1v) is 4.44. The molecule has 0 saturated heterocycles. The summed E-state index contributed by atoms with van der Waals surface area (Å²) in [7, 11) is 4.64. The van der Waals surface area contributed by atoms with Gasteiger partial charge >= 0.3 is 0 Å². The third-order valence-corrected chi connectivity index (χ3v) is 1.95. The zero-order valence-electron chi connectivity index (χ0n) is 8.36. The fourth-order valence-corrected chi connectivity index (χ4v) is 1.30. The second-order valence-corrected chi connectivity index (χ2v) is 3.74. The molecular formula is C9H22BrN. The summed E-state index contributed by atoms with van der Waals surface area (Å²) in [6.45, 7) is 7.17. The Balaban J connectivity index is 0. The lowest BCUT2D eigenvalue weighted by Gasteiger charge is -2.29. The van der Waals surface area contributed by atoms with Gasteiger partial charge in [-0.25, -0.2) is 0 Å². The van der Waals surface area contributed by atoms with Crippen LogP contribution in [-0.4, -0.2) is 31.7 Å². The largest absolute Gasteiger partial charge is 1.00 e. The van der Waals surface area contributed by atoms with Crippen LogP contribution in [0.1, 0.15) is 33.1 Å². The maximum atomic E-state index is 2.32.